The Bertz CT molecular complexity index is 455. The van der Waals surface area contributed by atoms with E-state index in [1.54, 1.807) is 0 Å². The van der Waals surface area contributed by atoms with Gasteiger partial charge in [0.1, 0.15) is 5.82 Å². The molecule has 1 amide bonds. The highest BCUT2D eigenvalue weighted by Crippen LogP contribution is 2.32. The second kappa shape index (κ2) is 6.04. The lowest BCUT2D eigenvalue weighted by atomic mass is 10.1. The minimum atomic E-state index is 0.00986. The Morgan fingerprint density at radius 1 is 1.42 bits per heavy atom. The number of pyridine rings is 1. The minimum absolute atomic E-state index is 0.00986. The van der Waals surface area contributed by atoms with E-state index in [1.807, 2.05) is 26.0 Å². The number of hydrogen-bond donors (Lipinski definition) is 2. The maximum atomic E-state index is 12.2. The molecule has 0 aliphatic heterocycles. The van der Waals surface area contributed by atoms with Crippen LogP contribution in [0, 0.1) is 5.92 Å². The molecule has 1 aliphatic carbocycles. The minimum Gasteiger partial charge on any atom is -0.370 e. The van der Waals surface area contributed by atoms with Crippen LogP contribution in [0.1, 0.15) is 49.7 Å². The van der Waals surface area contributed by atoms with E-state index in [2.05, 4.69) is 22.5 Å². The van der Waals surface area contributed by atoms with Crippen molar-refractivity contribution in [1.29, 1.82) is 0 Å². The Kier molecular flexibility index (Phi) is 4.40. The summed E-state index contributed by atoms with van der Waals surface area (Å²) in [5, 5.41) is 6.26. The Balaban J connectivity index is 2.12. The molecule has 1 aromatic rings. The van der Waals surface area contributed by atoms with Gasteiger partial charge < -0.3 is 10.6 Å². The smallest absolute Gasteiger partial charge is 0.251 e. The summed E-state index contributed by atoms with van der Waals surface area (Å²) in [6.07, 6.45) is 3.30. The zero-order chi connectivity index (χ0) is 13.8. The van der Waals surface area contributed by atoms with Gasteiger partial charge in [-0.3, -0.25) is 4.79 Å². The summed E-state index contributed by atoms with van der Waals surface area (Å²) in [4.78, 5) is 16.7. The van der Waals surface area contributed by atoms with Crippen LogP contribution in [0.4, 0.5) is 5.82 Å². The molecule has 1 atom stereocenters. The molecule has 1 unspecified atom stereocenters. The van der Waals surface area contributed by atoms with Crippen molar-refractivity contribution in [2.45, 2.75) is 46.1 Å². The van der Waals surface area contributed by atoms with Crippen molar-refractivity contribution in [3.8, 4) is 0 Å². The SMILES string of the molecule is CCNc1cc(C(=O)NC(C)C2CC2)cc(CC)n1. The number of rotatable bonds is 6. The molecular weight excluding hydrogens is 238 g/mol. The van der Waals surface area contributed by atoms with Crippen LogP contribution in [0.5, 0.6) is 0 Å². The molecule has 2 rings (SSSR count). The van der Waals surface area contributed by atoms with Crippen LogP contribution in [0.2, 0.25) is 0 Å². The van der Waals surface area contributed by atoms with Crippen molar-refractivity contribution in [3.63, 3.8) is 0 Å². The molecule has 1 heterocycles. The molecule has 0 radical (unpaired) electrons. The number of carbonyl (C=O) groups is 1. The van der Waals surface area contributed by atoms with Gasteiger partial charge in [-0.05, 0) is 51.2 Å². The van der Waals surface area contributed by atoms with Crippen LogP contribution >= 0.6 is 0 Å². The maximum absolute atomic E-state index is 12.2. The van der Waals surface area contributed by atoms with Gasteiger partial charge in [0, 0.05) is 23.8 Å². The van der Waals surface area contributed by atoms with Gasteiger partial charge in [0.2, 0.25) is 0 Å². The Morgan fingerprint density at radius 3 is 2.74 bits per heavy atom. The van der Waals surface area contributed by atoms with E-state index in [0.717, 1.165) is 24.5 Å². The quantitative estimate of drug-likeness (QED) is 0.827. The predicted molar refractivity (Wildman–Crippen MR) is 77.4 cm³/mol. The Morgan fingerprint density at radius 2 is 2.16 bits per heavy atom. The average Bonchev–Trinajstić information content (AvgIpc) is 3.22. The first-order chi connectivity index (χ1) is 9.13. The lowest BCUT2D eigenvalue weighted by molar-refractivity contribution is 0.0935. The molecule has 1 aromatic heterocycles. The van der Waals surface area contributed by atoms with Crippen molar-refractivity contribution in [2.75, 3.05) is 11.9 Å². The summed E-state index contributed by atoms with van der Waals surface area (Å²) in [7, 11) is 0. The second-order valence-corrected chi connectivity index (χ2v) is 5.22. The van der Waals surface area contributed by atoms with Crippen LogP contribution in [0.15, 0.2) is 12.1 Å². The molecule has 104 valence electrons. The van der Waals surface area contributed by atoms with E-state index in [-0.39, 0.29) is 11.9 Å². The van der Waals surface area contributed by atoms with Gasteiger partial charge in [0.15, 0.2) is 0 Å². The number of aryl methyl sites for hydroxylation is 1. The number of amides is 1. The molecule has 1 fully saturated rings. The van der Waals surface area contributed by atoms with Crippen molar-refractivity contribution in [1.82, 2.24) is 10.3 Å². The third kappa shape index (κ3) is 3.69. The van der Waals surface area contributed by atoms with Crippen molar-refractivity contribution in [3.05, 3.63) is 23.4 Å². The van der Waals surface area contributed by atoms with Crippen LogP contribution < -0.4 is 10.6 Å². The van der Waals surface area contributed by atoms with E-state index in [4.69, 9.17) is 0 Å². The Hall–Kier alpha value is -1.58. The molecule has 19 heavy (non-hydrogen) atoms. The van der Waals surface area contributed by atoms with Crippen LogP contribution in [0.3, 0.4) is 0 Å². The fraction of sp³-hybridized carbons (Fsp3) is 0.600. The highest BCUT2D eigenvalue weighted by atomic mass is 16.1. The van der Waals surface area contributed by atoms with E-state index in [1.165, 1.54) is 12.8 Å². The number of carbonyl (C=O) groups excluding carboxylic acids is 1. The zero-order valence-corrected chi connectivity index (χ0v) is 12.0. The van der Waals surface area contributed by atoms with Gasteiger partial charge in [0.25, 0.3) is 5.91 Å². The first-order valence-corrected chi connectivity index (χ1v) is 7.19. The van der Waals surface area contributed by atoms with Gasteiger partial charge in [-0.2, -0.15) is 0 Å². The predicted octanol–water partition coefficient (Wildman–Crippen LogP) is 2.60. The highest BCUT2D eigenvalue weighted by Gasteiger charge is 2.29. The van der Waals surface area contributed by atoms with Crippen molar-refractivity contribution < 1.29 is 4.79 Å². The standard InChI is InChI=1S/C15H23N3O/c1-4-13-8-12(9-14(18-13)16-5-2)15(19)17-10(3)11-6-7-11/h8-11H,4-7H2,1-3H3,(H,16,18)(H,17,19). The van der Waals surface area contributed by atoms with Crippen LogP contribution in [-0.2, 0) is 6.42 Å². The van der Waals surface area contributed by atoms with Crippen LogP contribution in [0.25, 0.3) is 0 Å². The van der Waals surface area contributed by atoms with Gasteiger partial charge >= 0.3 is 0 Å². The maximum Gasteiger partial charge on any atom is 0.251 e. The second-order valence-electron chi connectivity index (χ2n) is 5.22. The van der Waals surface area contributed by atoms with E-state index >= 15 is 0 Å². The van der Waals surface area contributed by atoms with E-state index in [0.29, 0.717) is 11.5 Å². The molecule has 4 nitrogen and oxygen atoms in total. The lowest BCUT2D eigenvalue weighted by Crippen LogP contribution is -2.34. The largest absolute Gasteiger partial charge is 0.370 e. The van der Waals surface area contributed by atoms with Gasteiger partial charge in [-0.25, -0.2) is 4.98 Å². The summed E-state index contributed by atoms with van der Waals surface area (Å²) in [6.45, 7) is 6.96. The van der Waals surface area contributed by atoms with Gasteiger partial charge in [-0.1, -0.05) is 6.92 Å². The molecule has 0 spiro atoms. The summed E-state index contributed by atoms with van der Waals surface area (Å²) >= 11 is 0. The molecule has 4 heteroatoms. The molecule has 1 aliphatic rings. The molecule has 0 aromatic carbocycles. The number of nitrogens with zero attached hydrogens (tertiary/aromatic N) is 1. The van der Waals surface area contributed by atoms with Crippen LogP contribution in [-0.4, -0.2) is 23.5 Å². The normalized spacial score (nSPS) is 15.9. The van der Waals surface area contributed by atoms with Crippen molar-refractivity contribution >= 4 is 11.7 Å². The van der Waals surface area contributed by atoms with Gasteiger partial charge in [-0.15, -0.1) is 0 Å². The summed E-state index contributed by atoms with van der Waals surface area (Å²) in [5.74, 6) is 1.46. The number of aromatic nitrogens is 1. The molecule has 1 saturated carbocycles. The topological polar surface area (TPSA) is 54.0 Å². The third-order valence-electron chi connectivity index (χ3n) is 3.55. The first-order valence-electron chi connectivity index (χ1n) is 7.19. The average molecular weight is 261 g/mol. The molecule has 2 N–H and O–H groups in total. The fourth-order valence-electron chi connectivity index (χ4n) is 2.18. The third-order valence-corrected chi connectivity index (χ3v) is 3.55. The first kappa shape index (κ1) is 13.8. The monoisotopic (exact) mass is 261 g/mol. The number of anilines is 1. The summed E-state index contributed by atoms with van der Waals surface area (Å²) in [5.41, 5.74) is 1.65. The lowest BCUT2D eigenvalue weighted by Gasteiger charge is -2.14. The molecule has 0 bridgehead atoms. The zero-order valence-electron chi connectivity index (χ0n) is 12.0. The van der Waals surface area contributed by atoms with Crippen molar-refractivity contribution in [2.24, 2.45) is 5.92 Å². The molecule has 0 saturated heterocycles. The number of hydrogen-bond acceptors (Lipinski definition) is 3. The summed E-state index contributed by atoms with van der Waals surface area (Å²) < 4.78 is 0. The van der Waals surface area contributed by atoms with E-state index < -0.39 is 0 Å². The number of nitrogens with one attached hydrogen (secondary N) is 2. The summed E-state index contributed by atoms with van der Waals surface area (Å²) in [6, 6.07) is 3.99. The van der Waals surface area contributed by atoms with E-state index in [9.17, 15) is 4.79 Å². The van der Waals surface area contributed by atoms with Gasteiger partial charge in [0.05, 0.1) is 0 Å². The fourth-order valence-corrected chi connectivity index (χ4v) is 2.18. The highest BCUT2D eigenvalue weighted by molar-refractivity contribution is 5.95. The Labute approximate surface area is 115 Å². The molecular formula is C15H23N3O.